The molecule has 2 fully saturated rings. The van der Waals surface area contributed by atoms with Gasteiger partial charge in [0.05, 0.1) is 16.7 Å². The van der Waals surface area contributed by atoms with Crippen LogP contribution < -0.4 is 10.1 Å². The number of piperazine rings is 1. The fraction of sp³-hybridized carbons (Fsp3) is 0.458. The molecule has 7 nitrogen and oxygen atoms in total. The zero-order valence-corrected chi connectivity index (χ0v) is 17.0. The second-order valence-corrected chi connectivity index (χ2v) is 9.33. The first-order valence-corrected chi connectivity index (χ1v) is 10.5. The molecule has 1 N–H and O–H groups in total. The van der Waals surface area contributed by atoms with Gasteiger partial charge in [0.15, 0.2) is 0 Å². The molecule has 0 aromatic heterocycles. The van der Waals surface area contributed by atoms with Crippen LogP contribution in [0.3, 0.4) is 0 Å². The van der Waals surface area contributed by atoms with Gasteiger partial charge in [-0.15, -0.1) is 0 Å². The Labute approximate surface area is 181 Å². The maximum Gasteiger partial charge on any atom is 0.253 e. The molecule has 162 valence electrons. The molecule has 1 aromatic carbocycles. The molecule has 4 heterocycles. The minimum Gasteiger partial charge on any atom is -0.618 e. The number of benzene rings is 1. The molecule has 1 aromatic rings. The Kier molecular flexibility index (Phi) is 3.98. The van der Waals surface area contributed by atoms with E-state index >= 15 is 0 Å². The van der Waals surface area contributed by atoms with Crippen LogP contribution in [0.2, 0.25) is 0 Å². The molecule has 31 heavy (non-hydrogen) atoms. The van der Waals surface area contributed by atoms with Crippen molar-refractivity contribution in [3.05, 3.63) is 40.6 Å². The average molecular weight is 421 g/mol. The van der Waals surface area contributed by atoms with Crippen LogP contribution in [0.1, 0.15) is 58.1 Å². The molecule has 1 spiro atoms. The Balaban J connectivity index is 0.00000204. The summed E-state index contributed by atoms with van der Waals surface area (Å²) in [6, 6.07) is 3.42. The van der Waals surface area contributed by atoms with Gasteiger partial charge in [-0.25, -0.2) is 0 Å². The van der Waals surface area contributed by atoms with Crippen molar-refractivity contribution in [2.45, 2.75) is 64.1 Å². The molecule has 6 rings (SSSR count). The van der Waals surface area contributed by atoms with Crippen LogP contribution in [0.15, 0.2) is 24.3 Å². The lowest BCUT2D eigenvalue weighted by Crippen LogP contribution is -2.68. The van der Waals surface area contributed by atoms with E-state index in [2.05, 4.69) is 5.32 Å². The number of fused-ring (bicyclic) bond motifs is 6. The maximum atomic E-state index is 13.4. The third-order valence-corrected chi connectivity index (χ3v) is 6.94. The van der Waals surface area contributed by atoms with E-state index in [1.165, 1.54) is 0 Å². The van der Waals surface area contributed by atoms with Gasteiger partial charge in [-0.2, -0.15) is 4.74 Å². The molecule has 0 bridgehead atoms. The van der Waals surface area contributed by atoms with Crippen LogP contribution >= 0.6 is 0 Å². The van der Waals surface area contributed by atoms with Crippen molar-refractivity contribution in [1.82, 2.24) is 10.2 Å². The Morgan fingerprint density at radius 1 is 1.29 bits per heavy atom. The van der Waals surface area contributed by atoms with Gasteiger partial charge in [-0.3, -0.25) is 9.59 Å². The topological polar surface area (TPSA) is 84.7 Å². The summed E-state index contributed by atoms with van der Waals surface area (Å²) in [6.07, 6.45) is 8.10. The molecule has 0 saturated carbocycles. The van der Waals surface area contributed by atoms with Crippen LogP contribution in [0.5, 0.6) is 5.75 Å². The number of hydrogen-bond acceptors (Lipinski definition) is 4. The average Bonchev–Trinajstić information content (AvgIpc) is 3.30. The van der Waals surface area contributed by atoms with Crippen molar-refractivity contribution in [2.75, 3.05) is 6.54 Å². The molecule has 7 heteroatoms. The van der Waals surface area contributed by atoms with Gasteiger partial charge >= 0.3 is 0 Å². The Morgan fingerprint density at radius 2 is 2.10 bits per heavy atom. The second kappa shape index (κ2) is 6.22. The van der Waals surface area contributed by atoms with E-state index in [0.717, 1.165) is 27.9 Å². The van der Waals surface area contributed by atoms with Crippen LogP contribution in [-0.2, 0) is 9.59 Å². The smallest absolute Gasteiger partial charge is 0.253 e. The monoisotopic (exact) mass is 421 g/mol. The standard InChI is InChI=1S/C23H23N3O4.CH4/c1-22(2)9-7-14-18(30-22)6-5-13-15-12-23(10-8-16(15)26(29)19(13)14)21(28)25-11-3-4-17(25)20(27)24-23;/h5-7,9,12,17H,3-4,8,10-11H2,1-2H3,(H,24,27);1H4/t17-,23-;/m0./s1. The number of allylic oxidation sites excluding steroid dienone is 1. The predicted octanol–water partition coefficient (Wildman–Crippen LogP) is 3.14. The minimum atomic E-state index is -1.07. The fourth-order valence-corrected chi connectivity index (χ4v) is 5.47. The summed E-state index contributed by atoms with van der Waals surface area (Å²) in [5.41, 5.74) is 2.01. The molecule has 0 radical (unpaired) electrons. The number of nitrogens with one attached hydrogen (secondary N) is 1. The molecular weight excluding hydrogens is 394 g/mol. The number of rotatable bonds is 0. The van der Waals surface area contributed by atoms with Gasteiger partial charge in [-0.1, -0.05) is 7.43 Å². The summed E-state index contributed by atoms with van der Waals surface area (Å²) in [6.45, 7) is 4.56. The third kappa shape index (κ3) is 2.55. The highest BCUT2D eigenvalue weighted by Gasteiger charge is 2.54. The fourth-order valence-electron chi connectivity index (χ4n) is 5.47. The van der Waals surface area contributed by atoms with Crippen molar-refractivity contribution in [3.8, 4) is 5.75 Å². The lowest BCUT2D eigenvalue weighted by atomic mass is 9.78. The van der Waals surface area contributed by atoms with Crippen molar-refractivity contribution in [1.29, 1.82) is 0 Å². The number of ether oxygens (including phenoxy) is 1. The van der Waals surface area contributed by atoms with Crippen LogP contribution in [0.25, 0.3) is 11.6 Å². The highest BCUT2D eigenvalue weighted by Crippen LogP contribution is 2.48. The summed E-state index contributed by atoms with van der Waals surface area (Å²) in [7, 11) is 0. The molecule has 2 atom stereocenters. The lowest BCUT2D eigenvalue weighted by Gasteiger charge is -2.43. The van der Waals surface area contributed by atoms with Gasteiger partial charge in [0.25, 0.3) is 5.91 Å². The number of nitrogens with zero attached hydrogens (tertiary/aromatic N) is 2. The normalized spacial score (nSPS) is 29.4. The number of hydrogen-bond donors (Lipinski definition) is 1. The quantitative estimate of drug-likeness (QED) is 0.515. The molecule has 2 saturated heterocycles. The zero-order chi connectivity index (χ0) is 20.8. The summed E-state index contributed by atoms with van der Waals surface area (Å²) in [4.78, 5) is 27.8. The van der Waals surface area contributed by atoms with Gasteiger partial charge in [0, 0.05) is 13.0 Å². The maximum absolute atomic E-state index is 13.4. The third-order valence-electron chi connectivity index (χ3n) is 6.94. The van der Waals surface area contributed by atoms with E-state index < -0.39 is 11.1 Å². The van der Waals surface area contributed by atoms with Gasteiger partial charge in [0.1, 0.15) is 22.9 Å². The van der Waals surface area contributed by atoms with Gasteiger partial charge in [-0.05, 0) is 63.5 Å². The molecule has 1 aliphatic carbocycles. The number of amides is 2. The summed E-state index contributed by atoms with van der Waals surface area (Å²) in [5, 5.41) is 16.2. The first-order chi connectivity index (χ1) is 14.3. The van der Waals surface area contributed by atoms with E-state index in [1.807, 2.05) is 44.2 Å². The first-order valence-electron chi connectivity index (χ1n) is 10.5. The van der Waals surface area contributed by atoms with Crippen LogP contribution in [0, 0.1) is 5.21 Å². The Hall–Kier alpha value is -3.09. The van der Waals surface area contributed by atoms with E-state index in [9.17, 15) is 14.8 Å². The SMILES string of the molecule is C.CC1(C)C=Cc2c(ccc3c2[N+]([O-])=C2CC[C@@]4(C=C23)NC(=O)[C@@H]2CCCN2C4=O)O1. The van der Waals surface area contributed by atoms with Crippen molar-refractivity contribution < 1.29 is 19.1 Å². The largest absolute Gasteiger partial charge is 0.618 e. The van der Waals surface area contributed by atoms with E-state index in [-0.39, 0.29) is 25.3 Å². The number of carbonyl (C=O) groups is 2. The van der Waals surface area contributed by atoms with E-state index in [1.54, 1.807) is 4.90 Å². The molecular formula is C24H27N3O4. The van der Waals surface area contributed by atoms with E-state index in [0.29, 0.717) is 43.0 Å². The van der Waals surface area contributed by atoms with Crippen molar-refractivity contribution in [2.24, 2.45) is 0 Å². The van der Waals surface area contributed by atoms with Gasteiger partial charge < -0.3 is 20.2 Å². The first kappa shape index (κ1) is 19.8. The Morgan fingerprint density at radius 3 is 2.90 bits per heavy atom. The molecule has 4 aliphatic heterocycles. The van der Waals surface area contributed by atoms with E-state index in [4.69, 9.17) is 4.74 Å². The summed E-state index contributed by atoms with van der Waals surface area (Å²) >= 11 is 0. The number of carbonyl (C=O) groups excluding carboxylic acids is 2. The highest BCUT2D eigenvalue weighted by atomic mass is 16.5. The highest BCUT2D eigenvalue weighted by molar-refractivity contribution is 6.27. The molecule has 5 aliphatic rings. The molecule has 0 unspecified atom stereocenters. The van der Waals surface area contributed by atoms with Crippen LogP contribution in [-0.4, -0.2) is 50.9 Å². The zero-order valence-electron chi connectivity index (χ0n) is 17.0. The summed E-state index contributed by atoms with van der Waals surface area (Å²) in [5.74, 6) is 0.539. The summed E-state index contributed by atoms with van der Waals surface area (Å²) < 4.78 is 7.01. The second-order valence-electron chi connectivity index (χ2n) is 9.33. The van der Waals surface area contributed by atoms with Gasteiger partial charge in [0.2, 0.25) is 17.3 Å². The Bertz CT molecular complexity index is 1130. The van der Waals surface area contributed by atoms with Crippen LogP contribution in [0.4, 0.5) is 5.69 Å². The molecule has 2 amide bonds. The lowest BCUT2D eigenvalue weighted by molar-refractivity contribution is -0.358. The predicted molar refractivity (Wildman–Crippen MR) is 118 cm³/mol. The van der Waals surface area contributed by atoms with Crippen molar-refractivity contribution >= 4 is 34.9 Å². The minimum absolute atomic E-state index is 0. The van der Waals surface area contributed by atoms with Crippen molar-refractivity contribution in [3.63, 3.8) is 0 Å².